The van der Waals surface area contributed by atoms with E-state index in [4.69, 9.17) is 4.74 Å². The van der Waals surface area contributed by atoms with E-state index in [-0.39, 0.29) is 0 Å². The highest BCUT2D eigenvalue weighted by Crippen LogP contribution is 2.21. The van der Waals surface area contributed by atoms with E-state index in [1.165, 1.54) is 0 Å². The van der Waals surface area contributed by atoms with Gasteiger partial charge >= 0.3 is 0 Å². The summed E-state index contributed by atoms with van der Waals surface area (Å²) in [5.74, 6) is 1.74. The highest BCUT2D eigenvalue weighted by molar-refractivity contribution is 5.04. The van der Waals surface area contributed by atoms with Crippen molar-refractivity contribution in [3.05, 3.63) is 12.0 Å². The lowest BCUT2D eigenvalue weighted by molar-refractivity contribution is 0.449. The van der Waals surface area contributed by atoms with Gasteiger partial charge in [-0.25, -0.2) is 0 Å². The van der Waals surface area contributed by atoms with E-state index in [0.717, 1.165) is 5.76 Å². The molecule has 1 heterocycles. The van der Waals surface area contributed by atoms with Crippen molar-refractivity contribution in [1.29, 1.82) is 0 Å². The maximum atomic E-state index is 4.76. The van der Waals surface area contributed by atoms with Crippen molar-refractivity contribution < 1.29 is 4.74 Å². The Morgan fingerprint density at radius 2 is 1.78 bits per heavy atom. The van der Waals surface area contributed by atoms with E-state index in [0.29, 0.717) is 5.92 Å². The van der Waals surface area contributed by atoms with E-state index in [1.807, 2.05) is 14.1 Å². The first-order valence-electron chi connectivity index (χ1n) is 3.17. The second-order valence-corrected chi connectivity index (χ2v) is 2.29. The van der Waals surface area contributed by atoms with Gasteiger partial charge < -0.3 is 10.1 Å². The molecular weight excluding hydrogens is 114 g/mol. The van der Waals surface area contributed by atoms with E-state index in [1.54, 1.807) is 6.26 Å². The smallest absolute Gasteiger partial charge is 0.141 e. The summed E-state index contributed by atoms with van der Waals surface area (Å²) in [5, 5.41) is 2.75. The molecular formula is C7H15NO. The van der Waals surface area contributed by atoms with Crippen LogP contribution in [-0.4, -0.2) is 14.1 Å². The molecule has 0 aromatic rings. The number of rotatable bonds is 1. The lowest BCUT2D eigenvalue weighted by Gasteiger charge is -1.86. The van der Waals surface area contributed by atoms with Crippen LogP contribution in [-0.2, 0) is 4.74 Å². The maximum absolute atomic E-state index is 4.76. The van der Waals surface area contributed by atoms with Gasteiger partial charge in [-0.05, 0) is 14.1 Å². The third kappa shape index (κ3) is 5.37. The van der Waals surface area contributed by atoms with Crippen molar-refractivity contribution in [2.24, 2.45) is 5.92 Å². The van der Waals surface area contributed by atoms with Gasteiger partial charge in [0.2, 0.25) is 0 Å². The van der Waals surface area contributed by atoms with Crippen LogP contribution in [0.2, 0.25) is 0 Å². The van der Waals surface area contributed by atoms with Crippen molar-refractivity contribution in [2.45, 2.75) is 13.8 Å². The lowest BCUT2D eigenvalue weighted by atomic mass is 10.2. The van der Waals surface area contributed by atoms with Crippen LogP contribution in [0.1, 0.15) is 13.8 Å². The number of nitrogens with one attached hydrogen (secondary N) is 1. The van der Waals surface area contributed by atoms with Crippen LogP contribution >= 0.6 is 0 Å². The Bertz CT molecular complexity index is 97.1. The van der Waals surface area contributed by atoms with Crippen molar-refractivity contribution >= 4 is 0 Å². The Balaban J connectivity index is 0.000000187. The minimum Gasteiger partial charge on any atom is -0.462 e. The molecule has 0 bridgehead atoms. The minimum absolute atomic E-state index is 0.602. The topological polar surface area (TPSA) is 24.6 Å². The molecule has 0 aromatic carbocycles. The Hall–Kier alpha value is -0.500. The van der Waals surface area contributed by atoms with Gasteiger partial charge in [-0.3, -0.25) is 0 Å². The number of hydrogen-bond acceptors (Lipinski definition) is 2. The fourth-order valence-corrected chi connectivity index (χ4v) is 0.306. The van der Waals surface area contributed by atoms with Crippen LogP contribution in [0.4, 0.5) is 0 Å². The summed E-state index contributed by atoms with van der Waals surface area (Å²) in [6.07, 6.45) is 1.78. The Labute approximate surface area is 56.9 Å². The zero-order valence-electron chi connectivity index (χ0n) is 6.56. The van der Waals surface area contributed by atoms with Crippen LogP contribution in [0, 0.1) is 5.92 Å². The molecule has 0 aromatic heterocycles. The second-order valence-electron chi connectivity index (χ2n) is 2.29. The molecule has 2 heteroatoms. The molecule has 9 heavy (non-hydrogen) atoms. The minimum atomic E-state index is 0.602. The molecule has 1 rings (SSSR count). The van der Waals surface area contributed by atoms with Crippen LogP contribution in [0.5, 0.6) is 0 Å². The van der Waals surface area contributed by atoms with Gasteiger partial charge in [0.15, 0.2) is 0 Å². The molecule has 0 atom stereocenters. The summed E-state index contributed by atoms with van der Waals surface area (Å²) in [6, 6.07) is 0. The summed E-state index contributed by atoms with van der Waals surface area (Å²) in [4.78, 5) is 0. The summed E-state index contributed by atoms with van der Waals surface area (Å²) < 4.78 is 4.76. The number of hydrogen-bond donors (Lipinski definition) is 1. The SMILES string of the molecule is CC(C)C1=CO1.CNC. The van der Waals surface area contributed by atoms with Gasteiger partial charge in [-0.1, -0.05) is 13.8 Å². The third-order valence-corrected chi connectivity index (χ3v) is 0.823. The van der Waals surface area contributed by atoms with E-state index < -0.39 is 0 Å². The predicted molar refractivity (Wildman–Crippen MR) is 39.0 cm³/mol. The molecule has 0 radical (unpaired) electrons. The van der Waals surface area contributed by atoms with Crippen LogP contribution in [0.3, 0.4) is 0 Å². The van der Waals surface area contributed by atoms with E-state index in [2.05, 4.69) is 19.2 Å². The fourth-order valence-electron chi connectivity index (χ4n) is 0.306. The number of ether oxygens (including phenoxy) is 1. The van der Waals surface area contributed by atoms with E-state index in [9.17, 15) is 0 Å². The molecule has 0 fully saturated rings. The van der Waals surface area contributed by atoms with Crippen molar-refractivity contribution in [2.75, 3.05) is 14.1 Å². The molecule has 0 aliphatic carbocycles. The average Bonchev–Trinajstić information content (AvgIpc) is 2.44. The maximum Gasteiger partial charge on any atom is 0.141 e. The predicted octanol–water partition coefficient (Wildman–Crippen LogP) is 1.35. The highest BCUT2D eigenvalue weighted by atomic mass is 16.5. The second kappa shape index (κ2) is 4.39. The molecule has 0 amide bonds. The first kappa shape index (κ1) is 8.50. The lowest BCUT2D eigenvalue weighted by Crippen LogP contribution is -1.89. The molecule has 0 saturated heterocycles. The zero-order valence-corrected chi connectivity index (χ0v) is 6.56. The molecule has 2 nitrogen and oxygen atoms in total. The third-order valence-electron chi connectivity index (χ3n) is 0.823. The van der Waals surface area contributed by atoms with Gasteiger partial charge in [0.05, 0.1) is 0 Å². The van der Waals surface area contributed by atoms with Crippen LogP contribution < -0.4 is 5.32 Å². The molecule has 0 spiro atoms. The summed E-state index contributed by atoms with van der Waals surface area (Å²) >= 11 is 0. The number of allylic oxidation sites excluding steroid dienone is 1. The van der Waals surface area contributed by atoms with Crippen LogP contribution in [0.15, 0.2) is 12.0 Å². The zero-order chi connectivity index (χ0) is 7.28. The highest BCUT2D eigenvalue weighted by Gasteiger charge is 2.12. The van der Waals surface area contributed by atoms with Crippen molar-refractivity contribution in [3.63, 3.8) is 0 Å². The largest absolute Gasteiger partial charge is 0.462 e. The Kier molecular flexibility index (Phi) is 4.14. The summed E-state index contributed by atoms with van der Waals surface area (Å²) in [7, 11) is 3.75. The first-order chi connectivity index (χ1) is 4.22. The van der Waals surface area contributed by atoms with Crippen molar-refractivity contribution in [3.8, 4) is 0 Å². The molecule has 1 N–H and O–H groups in total. The fraction of sp³-hybridized carbons (Fsp3) is 0.714. The van der Waals surface area contributed by atoms with Crippen molar-refractivity contribution in [1.82, 2.24) is 5.32 Å². The molecule has 1 aliphatic rings. The Morgan fingerprint density at radius 1 is 1.44 bits per heavy atom. The van der Waals surface area contributed by atoms with Gasteiger partial charge in [-0.15, -0.1) is 0 Å². The molecule has 0 unspecified atom stereocenters. The average molecular weight is 129 g/mol. The summed E-state index contributed by atoms with van der Waals surface area (Å²) in [6.45, 7) is 4.22. The van der Waals surface area contributed by atoms with Gasteiger partial charge in [0.25, 0.3) is 0 Å². The molecule has 1 aliphatic heterocycles. The van der Waals surface area contributed by atoms with Gasteiger partial charge in [0, 0.05) is 5.92 Å². The Morgan fingerprint density at radius 3 is 1.78 bits per heavy atom. The monoisotopic (exact) mass is 129 g/mol. The molecule has 54 valence electrons. The molecule has 0 saturated carbocycles. The van der Waals surface area contributed by atoms with Crippen LogP contribution in [0.25, 0.3) is 0 Å². The van der Waals surface area contributed by atoms with E-state index >= 15 is 0 Å². The first-order valence-corrected chi connectivity index (χ1v) is 3.17. The van der Waals surface area contributed by atoms with Gasteiger partial charge in [-0.2, -0.15) is 0 Å². The van der Waals surface area contributed by atoms with Gasteiger partial charge in [0.1, 0.15) is 12.0 Å². The standard InChI is InChI=1S/C5H8O.C2H7N/c1-4(2)5-3-6-5;1-3-2/h3-4H,1-2H3;3H,1-2H3. The normalized spacial score (nSPS) is 13.2. The summed E-state index contributed by atoms with van der Waals surface area (Å²) in [5.41, 5.74) is 0. The quantitative estimate of drug-likeness (QED) is 0.578.